The highest BCUT2D eigenvalue weighted by Gasteiger charge is 2.23. The van der Waals surface area contributed by atoms with Crippen LogP contribution in [0.5, 0.6) is 0 Å². The molecule has 0 aliphatic rings. The first-order valence-electron chi connectivity index (χ1n) is 5.57. The van der Waals surface area contributed by atoms with Gasteiger partial charge in [0.2, 0.25) is 15.9 Å². The zero-order chi connectivity index (χ0) is 14.6. The summed E-state index contributed by atoms with van der Waals surface area (Å²) in [5.41, 5.74) is 0.314. The lowest BCUT2D eigenvalue weighted by Crippen LogP contribution is -2.36. The SMILES string of the molecule is CNC(=O)CN(C)S(=O)(=O)c1cccc(C(C)=O)c1. The van der Waals surface area contributed by atoms with Gasteiger partial charge in [0.1, 0.15) is 0 Å². The van der Waals surface area contributed by atoms with Crippen LogP contribution in [0.25, 0.3) is 0 Å². The van der Waals surface area contributed by atoms with Crippen molar-refractivity contribution in [2.45, 2.75) is 11.8 Å². The molecule has 0 heterocycles. The number of likely N-dealkylation sites (N-methyl/N-ethyl adjacent to an activating group) is 2. The van der Waals surface area contributed by atoms with Gasteiger partial charge in [-0.1, -0.05) is 12.1 Å². The number of nitrogens with zero attached hydrogens (tertiary/aromatic N) is 1. The van der Waals surface area contributed by atoms with Gasteiger partial charge in [0, 0.05) is 19.7 Å². The summed E-state index contributed by atoms with van der Waals surface area (Å²) >= 11 is 0. The van der Waals surface area contributed by atoms with Gasteiger partial charge in [-0.3, -0.25) is 9.59 Å². The topological polar surface area (TPSA) is 83.6 Å². The molecule has 0 aliphatic heterocycles. The molecule has 1 amide bonds. The highest BCUT2D eigenvalue weighted by atomic mass is 32.2. The number of hydrogen-bond donors (Lipinski definition) is 1. The maximum atomic E-state index is 12.2. The third kappa shape index (κ3) is 3.62. The molecule has 0 spiro atoms. The Labute approximate surface area is 112 Å². The monoisotopic (exact) mass is 284 g/mol. The van der Waals surface area contributed by atoms with Gasteiger partial charge in [-0.15, -0.1) is 0 Å². The van der Waals surface area contributed by atoms with E-state index < -0.39 is 15.9 Å². The average Bonchev–Trinajstić information content (AvgIpc) is 2.38. The van der Waals surface area contributed by atoms with E-state index in [1.165, 1.54) is 39.2 Å². The van der Waals surface area contributed by atoms with E-state index in [2.05, 4.69) is 5.32 Å². The second-order valence-electron chi connectivity index (χ2n) is 4.02. The molecular formula is C12H16N2O4S. The Hall–Kier alpha value is -1.73. The van der Waals surface area contributed by atoms with Crippen molar-refractivity contribution < 1.29 is 18.0 Å². The maximum Gasteiger partial charge on any atom is 0.243 e. The summed E-state index contributed by atoms with van der Waals surface area (Å²) in [7, 11) is -1.04. The molecule has 0 bridgehead atoms. The van der Waals surface area contributed by atoms with Crippen LogP contribution < -0.4 is 5.32 Å². The van der Waals surface area contributed by atoms with Crippen molar-refractivity contribution in [1.82, 2.24) is 9.62 Å². The molecule has 0 aromatic heterocycles. The number of rotatable bonds is 5. The number of carbonyl (C=O) groups excluding carboxylic acids is 2. The van der Waals surface area contributed by atoms with Gasteiger partial charge in [-0.25, -0.2) is 8.42 Å². The van der Waals surface area contributed by atoms with Gasteiger partial charge >= 0.3 is 0 Å². The van der Waals surface area contributed by atoms with Gasteiger partial charge in [0.25, 0.3) is 0 Å². The highest BCUT2D eigenvalue weighted by molar-refractivity contribution is 7.89. The fourth-order valence-electron chi connectivity index (χ4n) is 1.42. The number of nitrogens with one attached hydrogen (secondary N) is 1. The molecule has 0 unspecified atom stereocenters. The van der Waals surface area contributed by atoms with E-state index in [0.717, 1.165) is 4.31 Å². The number of carbonyl (C=O) groups is 2. The van der Waals surface area contributed by atoms with Crippen LogP contribution in [-0.2, 0) is 14.8 Å². The van der Waals surface area contributed by atoms with E-state index in [-0.39, 0.29) is 17.2 Å². The van der Waals surface area contributed by atoms with E-state index in [9.17, 15) is 18.0 Å². The van der Waals surface area contributed by atoms with Crippen LogP contribution in [0.3, 0.4) is 0 Å². The largest absolute Gasteiger partial charge is 0.358 e. The number of benzene rings is 1. The van der Waals surface area contributed by atoms with Crippen molar-refractivity contribution in [2.75, 3.05) is 20.6 Å². The minimum absolute atomic E-state index is 0.00777. The van der Waals surface area contributed by atoms with Crippen LogP contribution in [0.4, 0.5) is 0 Å². The number of hydrogen-bond acceptors (Lipinski definition) is 4. The Morgan fingerprint density at radius 1 is 1.32 bits per heavy atom. The molecule has 1 rings (SSSR count). The van der Waals surface area contributed by atoms with Crippen LogP contribution in [0.15, 0.2) is 29.2 Å². The fourth-order valence-corrected chi connectivity index (χ4v) is 2.60. The van der Waals surface area contributed by atoms with E-state index in [4.69, 9.17) is 0 Å². The smallest absolute Gasteiger partial charge is 0.243 e. The number of ketones is 1. The second kappa shape index (κ2) is 5.94. The second-order valence-corrected chi connectivity index (χ2v) is 6.06. The number of amides is 1. The maximum absolute atomic E-state index is 12.2. The zero-order valence-electron chi connectivity index (χ0n) is 11.0. The van der Waals surface area contributed by atoms with Gasteiger partial charge in [0.05, 0.1) is 11.4 Å². The molecule has 0 saturated heterocycles. The Morgan fingerprint density at radius 2 is 1.95 bits per heavy atom. The highest BCUT2D eigenvalue weighted by Crippen LogP contribution is 2.16. The van der Waals surface area contributed by atoms with Crippen molar-refractivity contribution in [3.8, 4) is 0 Å². The van der Waals surface area contributed by atoms with E-state index in [1.807, 2.05) is 0 Å². The summed E-state index contributed by atoms with van der Waals surface area (Å²) in [6, 6.07) is 5.73. The lowest BCUT2D eigenvalue weighted by Gasteiger charge is -2.16. The summed E-state index contributed by atoms with van der Waals surface area (Å²) in [5, 5.41) is 2.35. The molecule has 0 aliphatic carbocycles. The molecular weight excluding hydrogens is 268 g/mol. The predicted molar refractivity (Wildman–Crippen MR) is 70.3 cm³/mol. The zero-order valence-corrected chi connectivity index (χ0v) is 11.8. The summed E-state index contributed by atoms with van der Waals surface area (Å²) in [4.78, 5) is 22.4. The number of sulfonamides is 1. The summed E-state index contributed by atoms with van der Waals surface area (Å²) < 4.78 is 25.3. The van der Waals surface area contributed by atoms with E-state index in [1.54, 1.807) is 6.07 Å². The lowest BCUT2D eigenvalue weighted by molar-refractivity contribution is -0.120. The first-order chi connectivity index (χ1) is 8.78. The Kier molecular flexibility index (Phi) is 4.79. The fraction of sp³-hybridized carbons (Fsp3) is 0.333. The van der Waals surface area contributed by atoms with Crippen molar-refractivity contribution in [3.63, 3.8) is 0 Å². The van der Waals surface area contributed by atoms with Crippen molar-refractivity contribution in [3.05, 3.63) is 29.8 Å². The normalized spacial score (nSPS) is 11.4. The predicted octanol–water partition coefficient (Wildman–Crippen LogP) is 0.256. The first-order valence-corrected chi connectivity index (χ1v) is 7.01. The molecule has 0 saturated carbocycles. The van der Waals surface area contributed by atoms with E-state index >= 15 is 0 Å². The van der Waals surface area contributed by atoms with Crippen molar-refractivity contribution >= 4 is 21.7 Å². The van der Waals surface area contributed by atoms with Crippen LogP contribution in [-0.4, -0.2) is 45.1 Å². The number of Topliss-reactive ketones (excluding diaryl/α,β-unsaturated/α-hetero) is 1. The van der Waals surface area contributed by atoms with Crippen LogP contribution in [0.1, 0.15) is 17.3 Å². The summed E-state index contributed by atoms with van der Waals surface area (Å²) in [6.07, 6.45) is 0. The lowest BCUT2D eigenvalue weighted by atomic mass is 10.2. The van der Waals surface area contributed by atoms with Gasteiger partial charge in [-0.2, -0.15) is 4.31 Å². The van der Waals surface area contributed by atoms with Crippen molar-refractivity contribution in [2.24, 2.45) is 0 Å². The molecule has 104 valence electrons. The summed E-state index contributed by atoms with van der Waals surface area (Å²) in [6.45, 7) is 1.09. The quantitative estimate of drug-likeness (QED) is 0.786. The van der Waals surface area contributed by atoms with Crippen LogP contribution in [0, 0.1) is 0 Å². The molecule has 1 aromatic carbocycles. The van der Waals surface area contributed by atoms with Crippen LogP contribution in [0.2, 0.25) is 0 Å². The molecule has 7 heteroatoms. The third-order valence-corrected chi connectivity index (χ3v) is 4.39. The summed E-state index contributed by atoms with van der Waals surface area (Å²) in [5.74, 6) is -0.625. The first kappa shape index (κ1) is 15.3. The molecule has 0 radical (unpaired) electrons. The van der Waals surface area contributed by atoms with Gasteiger partial charge < -0.3 is 5.32 Å². The van der Waals surface area contributed by atoms with Gasteiger partial charge in [-0.05, 0) is 19.1 Å². The van der Waals surface area contributed by atoms with Crippen LogP contribution >= 0.6 is 0 Å². The molecule has 0 fully saturated rings. The standard InChI is InChI=1S/C12H16N2O4S/c1-9(15)10-5-4-6-11(7-10)19(17,18)14(3)8-12(16)13-2/h4-7H,8H2,1-3H3,(H,13,16). The van der Waals surface area contributed by atoms with Crippen molar-refractivity contribution in [1.29, 1.82) is 0 Å². The van der Waals surface area contributed by atoms with E-state index in [0.29, 0.717) is 5.56 Å². The third-order valence-electron chi connectivity index (χ3n) is 2.59. The minimum atomic E-state index is -3.78. The molecule has 1 aromatic rings. The molecule has 0 atom stereocenters. The molecule has 19 heavy (non-hydrogen) atoms. The molecule has 1 N–H and O–H groups in total. The Bertz CT molecular complexity index is 596. The average molecular weight is 284 g/mol. The molecule has 6 nitrogen and oxygen atoms in total. The minimum Gasteiger partial charge on any atom is -0.358 e. The Balaban J connectivity index is 3.09. The Morgan fingerprint density at radius 3 is 2.47 bits per heavy atom. The van der Waals surface area contributed by atoms with Gasteiger partial charge in [0.15, 0.2) is 5.78 Å².